The number of rotatable bonds is 4. The summed E-state index contributed by atoms with van der Waals surface area (Å²) in [5.41, 5.74) is 3.41. The van der Waals surface area contributed by atoms with Gasteiger partial charge in [0, 0.05) is 6.42 Å². The van der Waals surface area contributed by atoms with E-state index in [4.69, 9.17) is 4.74 Å². The molecule has 2 aliphatic carbocycles. The molecule has 0 unspecified atom stereocenters. The molecule has 0 aromatic heterocycles. The highest BCUT2D eigenvalue weighted by Crippen LogP contribution is 2.34. The molecule has 0 heterocycles. The second-order valence-electron chi connectivity index (χ2n) is 6.50. The quantitative estimate of drug-likeness (QED) is 0.824. The molecule has 2 aliphatic rings. The number of aliphatic hydroxyl groups excluding tert-OH is 1. The maximum Gasteiger partial charge on any atom is 0.341 e. The lowest BCUT2D eigenvalue weighted by molar-refractivity contribution is -0.138. The Morgan fingerprint density at radius 2 is 2.08 bits per heavy atom. The van der Waals surface area contributed by atoms with Crippen LogP contribution in [-0.4, -0.2) is 23.6 Å². The number of benzene rings is 1. The second-order valence-corrected chi connectivity index (χ2v) is 6.50. The van der Waals surface area contributed by atoms with Crippen molar-refractivity contribution in [1.82, 2.24) is 5.32 Å². The smallest absolute Gasteiger partial charge is 0.341 e. The molecule has 1 amide bonds. The summed E-state index contributed by atoms with van der Waals surface area (Å²) in [5, 5.41) is 13.4. The Kier molecular flexibility index (Phi) is 4.93. The number of aliphatic hydroxyl groups is 1. The van der Waals surface area contributed by atoms with Crippen LogP contribution in [0.15, 0.2) is 46.7 Å². The third-order valence-electron chi connectivity index (χ3n) is 4.82. The largest absolute Gasteiger partial charge is 0.507 e. The van der Waals surface area contributed by atoms with Crippen LogP contribution in [0.1, 0.15) is 50.3 Å². The van der Waals surface area contributed by atoms with Crippen LogP contribution in [0.3, 0.4) is 0 Å². The van der Waals surface area contributed by atoms with Crippen molar-refractivity contribution in [3.8, 4) is 0 Å². The van der Waals surface area contributed by atoms with Gasteiger partial charge in [0.15, 0.2) is 0 Å². The maximum atomic E-state index is 12.7. The molecule has 1 atom stereocenters. The third kappa shape index (κ3) is 3.31. The summed E-state index contributed by atoms with van der Waals surface area (Å²) in [4.78, 5) is 24.7. The molecule has 1 aromatic carbocycles. The van der Waals surface area contributed by atoms with Gasteiger partial charge in [0.1, 0.15) is 11.3 Å². The normalized spacial score (nSPS) is 19.7. The van der Waals surface area contributed by atoms with Crippen molar-refractivity contribution in [1.29, 1.82) is 0 Å². The summed E-state index contributed by atoms with van der Waals surface area (Å²) in [6, 6.07) is 8.04. The summed E-state index contributed by atoms with van der Waals surface area (Å²) < 4.78 is 4.97. The molecule has 25 heavy (non-hydrogen) atoms. The number of esters is 1. The first-order valence-corrected chi connectivity index (χ1v) is 8.71. The molecule has 0 saturated carbocycles. The number of allylic oxidation sites excluding steroid dienone is 1. The van der Waals surface area contributed by atoms with Crippen molar-refractivity contribution in [3.63, 3.8) is 0 Å². The number of carbonyl (C=O) groups excluding carboxylic acids is 2. The average Bonchev–Trinajstić information content (AvgIpc) is 2.90. The van der Waals surface area contributed by atoms with E-state index in [0.29, 0.717) is 5.57 Å². The highest BCUT2D eigenvalue weighted by Gasteiger charge is 2.33. The SMILES string of the molecule is CCOC(=O)C1=C(C)CC(C(=O)N[C@@H]2CCCc3ccccc32)=C1O. The van der Waals surface area contributed by atoms with Gasteiger partial charge in [-0.1, -0.05) is 29.8 Å². The van der Waals surface area contributed by atoms with E-state index in [1.165, 1.54) is 5.56 Å². The van der Waals surface area contributed by atoms with Crippen molar-refractivity contribution in [2.24, 2.45) is 0 Å². The Hall–Kier alpha value is -2.56. The van der Waals surface area contributed by atoms with Crippen LogP contribution in [0.25, 0.3) is 0 Å². The monoisotopic (exact) mass is 341 g/mol. The number of hydrogen-bond donors (Lipinski definition) is 2. The van der Waals surface area contributed by atoms with Gasteiger partial charge in [0.2, 0.25) is 0 Å². The van der Waals surface area contributed by atoms with Gasteiger partial charge in [0.25, 0.3) is 5.91 Å². The van der Waals surface area contributed by atoms with E-state index in [-0.39, 0.29) is 41.9 Å². The molecule has 0 fully saturated rings. The van der Waals surface area contributed by atoms with E-state index in [9.17, 15) is 14.7 Å². The molecule has 5 heteroatoms. The number of aryl methyl sites for hydroxylation is 1. The van der Waals surface area contributed by atoms with Gasteiger partial charge in [-0.3, -0.25) is 4.79 Å². The molecular formula is C20H23NO4. The van der Waals surface area contributed by atoms with Crippen LogP contribution in [0.2, 0.25) is 0 Å². The minimum absolute atomic E-state index is 0.0651. The fraction of sp³-hybridized carbons (Fsp3) is 0.400. The number of amides is 1. The van der Waals surface area contributed by atoms with Gasteiger partial charge in [0.05, 0.1) is 18.2 Å². The third-order valence-corrected chi connectivity index (χ3v) is 4.82. The molecule has 1 aromatic rings. The number of fused-ring (bicyclic) bond motifs is 1. The van der Waals surface area contributed by atoms with Crippen LogP contribution in [0, 0.1) is 0 Å². The van der Waals surface area contributed by atoms with Gasteiger partial charge < -0.3 is 15.2 Å². The van der Waals surface area contributed by atoms with Gasteiger partial charge in [-0.15, -0.1) is 0 Å². The minimum atomic E-state index is -0.580. The Labute approximate surface area is 147 Å². The first-order valence-electron chi connectivity index (χ1n) is 8.71. The van der Waals surface area contributed by atoms with E-state index in [0.717, 1.165) is 24.8 Å². The van der Waals surface area contributed by atoms with Crippen molar-refractivity contribution < 1.29 is 19.4 Å². The molecule has 0 radical (unpaired) electrons. The Bertz CT molecular complexity index is 776. The van der Waals surface area contributed by atoms with E-state index in [1.54, 1.807) is 13.8 Å². The number of ether oxygens (including phenoxy) is 1. The van der Waals surface area contributed by atoms with E-state index in [2.05, 4.69) is 11.4 Å². The molecule has 0 spiro atoms. The van der Waals surface area contributed by atoms with Crippen LogP contribution < -0.4 is 5.32 Å². The first kappa shape index (κ1) is 17.3. The van der Waals surface area contributed by atoms with Crippen molar-refractivity contribution in [3.05, 3.63) is 57.9 Å². The van der Waals surface area contributed by atoms with E-state index < -0.39 is 5.97 Å². The van der Waals surface area contributed by atoms with Crippen LogP contribution >= 0.6 is 0 Å². The molecule has 2 N–H and O–H groups in total. The Balaban J connectivity index is 1.78. The predicted molar refractivity (Wildman–Crippen MR) is 93.9 cm³/mol. The van der Waals surface area contributed by atoms with Gasteiger partial charge in [-0.25, -0.2) is 4.79 Å². The highest BCUT2D eigenvalue weighted by molar-refractivity contribution is 6.03. The Morgan fingerprint density at radius 3 is 2.84 bits per heavy atom. The zero-order chi connectivity index (χ0) is 18.0. The van der Waals surface area contributed by atoms with Gasteiger partial charge >= 0.3 is 5.97 Å². The lowest BCUT2D eigenvalue weighted by Crippen LogP contribution is -2.32. The fourth-order valence-electron chi connectivity index (χ4n) is 3.60. The summed E-state index contributed by atoms with van der Waals surface area (Å²) >= 11 is 0. The Morgan fingerprint density at radius 1 is 1.32 bits per heavy atom. The zero-order valence-electron chi connectivity index (χ0n) is 14.6. The average molecular weight is 341 g/mol. The lowest BCUT2D eigenvalue weighted by Gasteiger charge is -2.26. The van der Waals surface area contributed by atoms with Crippen molar-refractivity contribution >= 4 is 11.9 Å². The van der Waals surface area contributed by atoms with Crippen LogP contribution in [-0.2, 0) is 20.7 Å². The molecular weight excluding hydrogens is 318 g/mol. The number of hydrogen-bond acceptors (Lipinski definition) is 4. The van der Waals surface area contributed by atoms with E-state index in [1.807, 2.05) is 18.2 Å². The molecule has 0 saturated heterocycles. The fourth-order valence-corrected chi connectivity index (χ4v) is 3.60. The van der Waals surface area contributed by atoms with E-state index >= 15 is 0 Å². The zero-order valence-corrected chi connectivity index (χ0v) is 14.6. The minimum Gasteiger partial charge on any atom is -0.507 e. The van der Waals surface area contributed by atoms with Gasteiger partial charge in [-0.2, -0.15) is 0 Å². The first-order chi connectivity index (χ1) is 12.0. The van der Waals surface area contributed by atoms with Gasteiger partial charge in [-0.05, 0) is 44.2 Å². The van der Waals surface area contributed by atoms with Crippen molar-refractivity contribution in [2.45, 2.75) is 45.6 Å². The van der Waals surface area contributed by atoms with Crippen LogP contribution in [0.5, 0.6) is 0 Å². The molecule has 0 aliphatic heterocycles. The topological polar surface area (TPSA) is 75.6 Å². The summed E-state index contributed by atoms with van der Waals surface area (Å²) in [6.45, 7) is 3.67. The molecule has 3 rings (SSSR count). The summed E-state index contributed by atoms with van der Waals surface area (Å²) in [6.07, 6.45) is 3.16. The van der Waals surface area contributed by atoms with Crippen LogP contribution in [0.4, 0.5) is 0 Å². The summed E-state index contributed by atoms with van der Waals surface area (Å²) in [7, 11) is 0. The number of nitrogens with one attached hydrogen (secondary N) is 1. The molecule has 0 bridgehead atoms. The summed E-state index contributed by atoms with van der Waals surface area (Å²) in [5.74, 6) is -1.15. The lowest BCUT2D eigenvalue weighted by atomic mass is 9.87. The molecule has 5 nitrogen and oxygen atoms in total. The standard InChI is InChI=1S/C20H23NO4/c1-3-25-20(24)17-12(2)11-15(18(17)22)19(23)21-16-10-6-8-13-7-4-5-9-14(13)16/h4-5,7,9,16,22H,3,6,8,10-11H2,1-2H3,(H,21,23)/t16-/m1/s1. The van der Waals surface area contributed by atoms with Crippen molar-refractivity contribution in [2.75, 3.05) is 6.61 Å². The second kappa shape index (κ2) is 7.13. The highest BCUT2D eigenvalue weighted by atomic mass is 16.5. The predicted octanol–water partition coefficient (Wildman–Crippen LogP) is 3.28. The maximum absolute atomic E-state index is 12.7. The molecule has 132 valence electrons. The number of carbonyl (C=O) groups is 2.